The van der Waals surface area contributed by atoms with Crippen LogP contribution in [-0.2, 0) is 4.79 Å². The number of aliphatic carboxylic acids is 1. The number of hydrogen-bond donors (Lipinski definition) is 1. The quantitative estimate of drug-likeness (QED) is 0.167. The standard InChI is InChI=1S/C20H33F5O2/c1-2-3-4-5-6-7-8-9-10-11-12-13-14-15-16-19(22,18(26)27)17(21)20(23,24)25/h5-6,17H,2-4,7-16H2,1H3,(H,26,27)/b6-5-. The van der Waals surface area contributed by atoms with E-state index in [4.69, 9.17) is 5.11 Å². The zero-order valence-electron chi connectivity index (χ0n) is 16.2. The first kappa shape index (κ1) is 25.9. The van der Waals surface area contributed by atoms with Gasteiger partial charge in [-0.3, -0.25) is 0 Å². The summed E-state index contributed by atoms with van der Waals surface area (Å²) < 4.78 is 64.0. The van der Waals surface area contributed by atoms with E-state index < -0.39 is 30.4 Å². The van der Waals surface area contributed by atoms with Crippen LogP contribution in [0, 0.1) is 0 Å². The highest BCUT2D eigenvalue weighted by Crippen LogP contribution is 2.37. The summed E-state index contributed by atoms with van der Waals surface area (Å²) in [6.07, 6.45) is 4.68. The molecule has 0 aliphatic heterocycles. The Kier molecular flexibility index (Phi) is 13.4. The van der Waals surface area contributed by atoms with Crippen LogP contribution in [0.4, 0.5) is 22.0 Å². The maximum atomic E-state index is 14.0. The van der Waals surface area contributed by atoms with Crippen molar-refractivity contribution in [2.45, 2.75) is 108 Å². The minimum absolute atomic E-state index is 0.0815. The van der Waals surface area contributed by atoms with Crippen LogP contribution in [0.1, 0.15) is 90.4 Å². The number of halogens is 5. The summed E-state index contributed by atoms with van der Waals surface area (Å²) >= 11 is 0. The van der Waals surface area contributed by atoms with E-state index in [1.807, 2.05) is 0 Å². The molecule has 2 nitrogen and oxygen atoms in total. The van der Waals surface area contributed by atoms with Crippen molar-refractivity contribution in [3.05, 3.63) is 12.2 Å². The number of carboxylic acids is 1. The molecule has 0 spiro atoms. The first-order chi connectivity index (χ1) is 12.7. The number of rotatable bonds is 16. The molecule has 0 radical (unpaired) electrons. The lowest BCUT2D eigenvalue weighted by atomic mass is 9.92. The Morgan fingerprint density at radius 3 is 1.74 bits per heavy atom. The highest BCUT2D eigenvalue weighted by Gasteiger charge is 2.59. The third-order valence-electron chi connectivity index (χ3n) is 4.60. The predicted octanol–water partition coefficient (Wildman–Crippen LogP) is 7.33. The van der Waals surface area contributed by atoms with Crippen LogP contribution < -0.4 is 0 Å². The van der Waals surface area contributed by atoms with Gasteiger partial charge >= 0.3 is 12.1 Å². The van der Waals surface area contributed by atoms with Gasteiger partial charge in [-0.2, -0.15) is 13.2 Å². The second-order valence-corrected chi connectivity index (χ2v) is 7.05. The van der Waals surface area contributed by atoms with Crippen molar-refractivity contribution in [1.29, 1.82) is 0 Å². The molecular weight excluding hydrogens is 367 g/mol. The summed E-state index contributed by atoms with van der Waals surface area (Å²) in [5.41, 5.74) is -3.90. The molecule has 0 heterocycles. The third kappa shape index (κ3) is 11.3. The lowest BCUT2D eigenvalue weighted by molar-refractivity contribution is -0.223. The molecule has 0 saturated carbocycles. The van der Waals surface area contributed by atoms with E-state index in [1.54, 1.807) is 0 Å². The van der Waals surface area contributed by atoms with Gasteiger partial charge < -0.3 is 5.11 Å². The monoisotopic (exact) mass is 400 g/mol. The minimum atomic E-state index is -5.52. The molecule has 1 N–H and O–H groups in total. The zero-order valence-corrected chi connectivity index (χ0v) is 16.2. The summed E-state index contributed by atoms with van der Waals surface area (Å²) in [4.78, 5) is 10.8. The molecule has 27 heavy (non-hydrogen) atoms. The van der Waals surface area contributed by atoms with Gasteiger partial charge in [0.1, 0.15) is 0 Å². The van der Waals surface area contributed by atoms with E-state index in [-0.39, 0.29) is 6.42 Å². The fourth-order valence-corrected chi connectivity index (χ4v) is 2.86. The number of alkyl halides is 5. The van der Waals surface area contributed by atoms with Crippen LogP contribution in [0.3, 0.4) is 0 Å². The summed E-state index contributed by atoms with van der Waals surface area (Å²) in [6, 6.07) is 0. The van der Waals surface area contributed by atoms with Gasteiger partial charge in [0.05, 0.1) is 0 Å². The first-order valence-electron chi connectivity index (χ1n) is 9.94. The second kappa shape index (κ2) is 13.9. The molecule has 0 aromatic rings. The van der Waals surface area contributed by atoms with Crippen molar-refractivity contribution in [3.63, 3.8) is 0 Å². The maximum absolute atomic E-state index is 14.0. The van der Waals surface area contributed by atoms with Crippen molar-refractivity contribution in [1.82, 2.24) is 0 Å². The zero-order chi connectivity index (χ0) is 20.8. The Bertz CT molecular complexity index is 423. The lowest BCUT2D eigenvalue weighted by Crippen LogP contribution is -2.50. The smallest absolute Gasteiger partial charge is 0.423 e. The van der Waals surface area contributed by atoms with Crippen molar-refractivity contribution in [3.8, 4) is 0 Å². The van der Waals surface area contributed by atoms with Crippen LogP contribution in [0.15, 0.2) is 12.2 Å². The van der Waals surface area contributed by atoms with E-state index in [0.717, 1.165) is 44.9 Å². The molecule has 0 aromatic carbocycles. The van der Waals surface area contributed by atoms with Gasteiger partial charge in [-0.25, -0.2) is 13.6 Å². The Morgan fingerprint density at radius 2 is 1.30 bits per heavy atom. The molecule has 0 rings (SSSR count). The van der Waals surface area contributed by atoms with Crippen molar-refractivity contribution in [2.75, 3.05) is 0 Å². The Labute approximate surface area is 159 Å². The summed E-state index contributed by atoms with van der Waals surface area (Å²) in [5, 5.41) is 8.65. The highest BCUT2D eigenvalue weighted by atomic mass is 19.4. The Balaban J connectivity index is 3.78. The molecule has 7 heteroatoms. The first-order valence-corrected chi connectivity index (χ1v) is 9.94. The number of unbranched alkanes of at least 4 members (excludes halogenated alkanes) is 10. The average Bonchev–Trinajstić information content (AvgIpc) is 2.60. The van der Waals surface area contributed by atoms with Crippen LogP contribution in [0.2, 0.25) is 0 Å². The van der Waals surface area contributed by atoms with Crippen LogP contribution in [0.5, 0.6) is 0 Å². The van der Waals surface area contributed by atoms with Gasteiger partial charge in [0, 0.05) is 0 Å². The molecule has 0 saturated heterocycles. The van der Waals surface area contributed by atoms with Crippen LogP contribution in [-0.4, -0.2) is 29.1 Å². The SMILES string of the molecule is CCCC/C=C\CCCCCCCCCCC(F)(C(=O)O)C(F)C(F)(F)F. The molecule has 2 unspecified atom stereocenters. The van der Waals surface area contributed by atoms with Gasteiger partial charge in [-0.1, -0.05) is 70.4 Å². The van der Waals surface area contributed by atoms with Crippen LogP contribution in [0.25, 0.3) is 0 Å². The molecule has 0 bridgehead atoms. The molecule has 0 aliphatic rings. The molecule has 0 aromatic heterocycles. The van der Waals surface area contributed by atoms with Crippen molar-refractivity contribution < 1.29 is 31.9 Å². The lowest BCUT2D eigenvalue weighted by Gasteiger charge is -2.26. The van der Waals surface area contributed by atoms with Crippen LogP contribution >= 0.6 is 0 Å². The molecule has 0 fully saturated rings. The summed E-state index contributed by atoms with van der Waals surface area (Å²) in [7, 11) is 0. The average molecular weight is 400 g/mol. The Hall–Kier alpha value is -1.14. The third-order valence-corrected chi connectivity index (χ3v) is 4.60. The van der Waals surface area contributed by atoms with Gasteiger partial charge in [0.15, 0.2) is 0 Å². The van der Waals surface area contributed by atoms with Crippen molar-refractivity contribution >= 4 is 5.97 Å². The number of allylic oxidation sites excluding steroid dienone is 2. The fraction of sp³-hybridized carbons (Fsp3) is 0.850. The van der Waals surface area contributed by atoms with Crippen molar-refractivity contribution in [2.24, 2.45) is 0 Å². The van der Waals surface area contributed by atoms with Gasteiger partial charge in [0.25, 0.3) is 0 Å². The number of hydrogen-bond acceptors (Lipinski definition) is 1. The molecule has 0 amide bonds. The molecular formula is C20H33F5O2. The number of carbonyl (C=O) groups is 1. The van der Waals surface area contributed by atoms with E-state index in [0.29, 0.717) is 12.8 Å². The van der Waals surface area contributed by atoms with E-state index in [9.17, 15) is 26.7 Å². The maximum Gasteiger partial charge on any atom is 0.423 e. The summed E-state index contributed by atoms with van der Waals surface area (Å²) in [6.45, 7) is 2.16. The van der Waals surface area contributed by atoms with Gasteiger partial charge in [-0.15, -0.1) is 0 Å². The number of carboxylic acid groups (broad SMARTS) is 1. The molecule has 160 valence electrons. The van der Waals surface area contributed by atoms with Gasteiger partial charge in [-0.05, 0) is 32.1 Å². The van der Waals surface area contributed by atoms with E-state index in [1.165, 1.54) is 12.8 Å². The highest BCUT2D eigenvalue weighted by molar-refractivity contribution is 5.78. The molecule has 2 atom stereocenters. The fourth-order valence-electron chi connectivity index (χ4n) is 2.86. The topological polar surface area (TPSA) is 37.3 Å². The summed E-state index contributed by atoms with van der Waals surface area (Å²) in [5.74, 6) is -2.39. The molecule has 0 aliphatic carbocycles. The Morgan fingerprint density at radius 1 is 0.852 bits per heavy atom. The van der Waals surface area contributed by atoms with E-state index >= 15 is 0 Å². The van der Waals surface area contributed by atoms with Gasteiger partial charge in [0.2, 0.25) is 11.8 Å². The largest absolute Gasteiger partial charge is 0.479 e. The van der Waals surface area contributed by atoms with E-state index in [2.05, 4.69) is 19.1 Å². The normalized spacial score (nSPS) is 15.8. The second-order valence-electron chi connectivity index (χ2n) is 7.05. The minimum Gasteiger partial charge on any atom is -0.479 e. The predicted molar refractivity (Wildman–Crippen MR) is 97.3 cm³/mol.